The summed E-state index contributed by atoms with van der Waals surface area (Å²) in [5.74, 6) is 0.914. The van der Waals surface area contributed by atoms with Crippen LogP contribution in [0.1, 0.15) is 20.3 Å². The van der Waals surface area contributed by atoms with Gasteiger partial charge in [0.15, 0.2) is 0 Å². The van der Waals surface area contributed by atoms with Crippen molar-refractivity contribution in [3.8, 4) is 11.3 Å². The minimum absolute atomic E-state index is 0.0281. The zero-order valence-electron chi connectivity index (χ0n) is 14.5. The van der Waals surface area contributed by atoms with E-state index >= 15 is 0 Å². The average molecular weight is 360 g/mol. The molecule has 3 rings (SSSR count). The van der Waals surface area contributed by atoms with Gasteiger partial charge in [-0.1, -0.05) is 37.6 Å². The fourth-order valence-corrected chi connectivity index (χ4v) is 3.56. The standard InChI is InChI=1S/C19H22ClN3O2/c1-13-9-14(2)11-22(10-13)19(25)12-23-18(24)8-7-17(21-23)15-3-5-16(20)6-4-15/h3-8,13-14H,9-12H2,1-2H3. The first kappa shape index (κ1) is 17.7. The van der Waals surface area contributed by atoms with Crippen molar-refractivity contribution in [1.29, 1.82) is 0 Å². The molecule has 0 radical (unpaired) electrons. The lowest BCUT2D eigenvalue weighted by Gasteiger charge is -2.35. The highest BCUT2D eigenvalue weighted by Crippen LogP contribution is 2.21. The van der Waals surface area contributed by atoms with Crippen molar-refractivity contribution in [2.75, 3.05) is 13.1 Å². The monoisotopic (exact) mass is 359 g/mol. The Morgan fingerprint density at radius 3 is 2.40 bits per heavy atom. The molecule has 5 nitrogen and oxygen atoms in total. The number of carbonyl (C=O) groups excluding carboxylic acids is 1. The number of benzene rings is 1. The van der Waals surface area contributed by atoms with E-state index in [9.17, 15) is 9.59 Å². The molecule has 25 heavy (non-hydrogen) atoms. The van der Waals surface area contributed by atoms with Crippen molar-refractivity contribution in [2.45, 2.75) is 26.8 Å². The van der Waals surface area contributed by atoms with Crippen LogP contribution in [-0.4, -0.2) is 33.7 Å². The molecule has 2 heterocycles. The van der Waals surface area contributed by atoms with Crippen LogP contribution in [0.15, 0.2) is 41.2 Å². The molecule has 2 unspecified atom stereocenters. The van der Waals surface area contributed by atoms with Gasteiger partial charge >= 0.3 is 0 Å². The highest BCUT2D eigenvalue weighted by molar-refractivity contribution is 6.30. The molecule has 0 aliphatic carbocycles. The van der Waals surface area contributed by atoms with Crippen LogP contribution >= 0.6 is 11.6 Å². The van der Waals surface area contributed by atoms with Crippen LogP contribution in [0.25, 0.3) is 11.3 Å². The molecule has 6 heteroatoms. The fourth-order valence-electron chi connectivity index (χ4n) is 3.43. The van der Waals surface area contributed by atoms with E-state index in [1.807, 2.05) is 17.0 Å². The molecular weight excluding hydrogens is 338 g/mol. The molecule has 1 saturated heterocycles. The predicted molar refractivity (Wildman–Crippen MR) is 98.5 cm³/mol. The number of amides is 1. The summed E-state index contributed by atoms with van der Waals surface area (Å²) >= 11 is 5.91. The molecule has 1 aliphatic heterocycles. The largest absolute Gasteiger partial charge is 0.341 e. The van der Waals surface area contributed by atoms with Crippen LogP contribution in [0.4, 0.5) is 0 Å². The Bertz CT molecular complexity index is 806. The predicted octanol–water partition coefficient (Wildman–Crippen LogP) is 3.07. The molecule has 1 aromatic carbocycles. The van der Waals surface area contributed by atoms with Gasteiger partial charge in [0.25, 0.3) is 5.56 Å². The zero-order chi connectivity index (χ0) is 18.0. The third-order valence-electron chi connectivity index (χ3n) is 4.51. The summed E-state index contributed by atoms with van der Waals surface area (Å²) < 4.78 is 1.25. The summed E-state index contributed by atoms with van der Waals surface area (Å²) in [5.41, 5.74) is 1.22. The Balaban J connectivity index is 1.80. The SMILES string of the molecule is CC1CC(C)CN(C(=O)Cn2nc(-c3ccc(Cl)cc3)ccc2=O)C1. The average Bonchev–Trinajstić information content (AvgIpc) is 2.56. The van der Waals surface area contributed by atoms with Crippen LogP contribution in [0.2, 0.25) is 5.02 Å². The van der Waals surface area contributed by atoms with Gasteiger partial charge in [0, 0.05) is 29.7 Å². The van der Waals surface area contributed by atoms with Gasteiger partial charge < -0.3 is 4.90 Å². The number of hydrogen-bond acceptors (Lipinski definition) is 3. The summed E-state index contributed by atoms with van der Waals surface area (Å²) in [4.78, 5) is 26.6. The number of rotatable bonds is 3. The number of likely N-dealkylation sites (tertiary alicyclic amines) is 1. The fraction of sp³-hybridized carbons (Fsp3) is 0.421. The van der Waals surface area contributed by atoms with Crippen LogP contribution in [0, 0.1) is 11.8 Å². The van der Waals surface area contributed by atoms with Gasteiger partial charge in [0.05, 0.1) is 5.69 Å². The van der Waals surface area contributed by atoms with Gasteiger partial charge in [-0.15, -0.1) is 0 Å². The molecule has 0 spiro atoms. The van der Waals surface area contributed by atoms with E-state index in [0.29, 0.717) is 22.6 Å². The zero-order valence-corrected chi connectivity index (χ0v) is 15.2. The first-order valence-electron chi connectivity index (χ1n) is 8.54. The van der Waals surface area contributed by atoms with Crippen LogP contribution in [0.3, 0.4) is 0 Å². The molecule has 0 saturated carbocycles. The second-order valence-corrected chi connectivity index (χ2v) is 7.40. The van der Waals surface area contributed by atoms with E-state index in [-0.39, 0.29) is 18.0 Å². The Morgan fingerprint density at radius 2 is 1.76 bits per heavy atom. The van der Waals surface area contributed by atoms with Gasteiger partial charge in [0.1, 0.15) is 6.54 Å². The summed E-state index contributed by atoms with van der Waals surface area (Å²) in [7, 11) is 0. The maximum Gasteiger partial charge on any atom is 0.267 e. The van der Waals surface area contributed by atoms with Crippen molar-refractivity contribution in [3.05, 3.63) is 51.8 Å². The van der Waals surface area contributed by atoms with Gasteiger partial charge in [0.2, 0.25) is 5.91 Å². The molecule has 1 amide bonds. The molecule has 0 bridgehead atoms. The van der Waals surface area contributed by atoms with E-state index in [2.05, 4.69) is 18.9 Å². The highest BCUT2D eigenvalue weighted by Gasteiger charge is 2.25. The first-order chi connectivity index (χ1) is 11.9. The van der Waals surface area contributed by atoms with E-state index in [0.717, 1.165) is 25.1 Å². The minimum atomic E-state index is -0.274. The van der Waals surface area contributed by atoms with Gasteiger partial charge in [-0.2, -0.15) is 5.10 Å². The lowest BCUT2D eigenvalue weighted by atomic mass is 9.92. The molecular formula is C19H22ClN3O2. The number of hydrogen-bond donors (Lipinski definition) is 0. The van der Waals surface area contributed by atoms with E-state index in [1.165, 1.54) is 10.7 Å². The van der Waals surface area contributed by atoms with Crippen LogP contribution < -0.4 is 5.56 Å². The molecule has 1 fully saturated rings. The Morgan fingerprint density at radius 1 is 1.12 bits per heavy atom. The quantitative estimate of drug-likeness (QED) is 0.846. The first-order valence-corrected chi connectivity index (χ1v) is 8.92. The van der Waals surface area contributed by atoms with Gasteiger partial charge in [-0.3, -0.25) is 9.59 Å². The lowest BCUT2D eigenvalue weighted by molar-refractivity contribution is -0.134. The second kappa shape index (κ2) is 7.40. The van der Waals surface area contributed by atoms with Gasteiger partial charge in [-0.05, 0) is 36.5 Å². The number of aromatic nitrogens is 2. The van der Waals surface area contributed by atoms with Crippen molar-refractivity contribution in [2.24, 2.45) is 11.8 Å². The van der Waals surface area contributed by atoms with E-state index in [4.69, 9.17) is 11.6 Å². The van der Waals surface area contributed by atoms with E-state index < -0.39 is 0 Å². The van der Waals surface area contributed by atoms with E-state index in [1.54, 1.807) is 18.2 Å². The maximum atomic E-state index is 12.6. The maximum absolute atomic E-state index is 12.6. The third-order valence-corrected chi connectivity index (χ3v) is 4.77. The molecule has 2 aromatic rings. The normalized spacial score (nSPS) is 20.5. The molecule has 1 aliphatic rings. The Hall–Kier alpha value is -2.14. The summed E-state index contributed by atoms with van der Waals surface area (Å²) in [6.45, 7) is 5.77. The lowest BCUT2D eigenvalue weighted by Crippen LogP contribution is -2.45. The van der Waals surface area contributed by atoms with Crippen molar-refractivity contribution in [1.82, 2.24) is 14.7 Å². The second-order valence-electron chi connectivity index (χ2n) is 6.97. The van der Waals surface area contributed by atoms with Crippen molar-refractivity contribution in [3.63, 3.8) is 0 Å². The van der Waals surface area contributed by atoms with Crippen molar-refractivity contribution < 1.29 is 4.79 Å². The minimum Gasteiger partial charge on any atom is -0.341 e. The van der Waals surface area contributed by atoms with Crippen LogP contribution in [-0.2, 0) is 11.3 Å². The summed E-state index contributed by atoms with van der Waals surface area (Å²) in [6.07, 6.45) is 1.13. The Labute approximate surface area is 152 Å². The molecule has 0 N–H and O–H groups in total. The smallest absolute Gasteiger partial charge is 0.267 e. The topological polar surface area (TPSA) is 55.2 Å². The van der Waals surface area contributed by atoms with Crippen LogP contribution in [0.5, 0.6) is 0 Å². The van der Waals surface area contributed by atoms with Crippen molar-refractivity contribution >= 4 is 17.5 Å². The summed E-state index contributed by atoms with van der Waals surface area (Å²) in [5, 5.41) is 5.00. The molecule has 132 valence electrons. The molecule has 2 atom stereocenters. The number of halogens is 1. The number of nitrogens with zero attached hydrogens (tertiary/aromatic N) is 3. The molecule has 1 aromatic heterocycles. The number of carbonyl (C=O) groups is 1. The highest BCUT2D eigenvalue weighted by atomic mass is 35.5. The third kappa shape index (κ3) is 4.28. The Kier molecular flexibility index (Phi) is 5.23. The van der Waals surface area contributed by atoms with Gasteiger partial charge in [-0.25, -0.2) is 4.68 Å². The summed E-state index contributed by atoms with van der Waals surface area (Å²) in [6, 6.07) is 10.3. The number of piperidine rings is 1.